The monoisotopic (exact) mass is 364 g/mol. The average Bonchev–Trinajstić information content (AvgIpc) is 2.89. The zero-order valence-corrected chi connectivity index (χ0v) is 15.8. The summed E-state index contributed by atoms with van der Waals surface area (Å²) in [5, 5.41) is 15.9. The summed E-state index contributed by atoms with van der Waals surface area (Å²) >= 11 is 0. The minimum atomic E-state index is -1.00. The first kappa shape index (κ1) is 18.2. The molecule has 0 aromatic heterocycles. The van der Waals surface area contributed by atoms with Crippen molar-refractivity contribution in [2.24, 2.45) is 23.2 Å². The van der Waals surface area contributed by atoms with Gasteiger partial charge in [-0.25, -0.2) is 0 Å². The zero-order chi connectivity index (χ0) is 18.4. The fraction of sp³-hybridized carbons (Fsp3) is 0.900. The molecule has 2 amide bonds. The lowest BCUT2D eigenvalue weighted by molar-refractivity contribution is -0.132. The average molecular weight is 364 g/mol. The number of rotatable bonds is 6. The number of carbonyl (C=O) groups excluding carboxylic acids is 2. The summed E-state index contributed by atoms with van der Waals surface area (Å²) in [7, 11) is 0. The fourth-order valence-corrected chi connectivity index (χ4v) is 6.41. The summed E-state index contributed by atoms with van der Waals surface area (Å²) in [6, 6.07) is 0. The zero-order valence-electron chi connectivity index (χ0n) is 15.8. The Labute approximate surface area is 155 Å². The highest BCUT2D eigenvalue weighted by molar-refractivity contribution is 5.85. The number of hydrogen-bond donors (Lipinski definition) is 3. The Bertz CT molecular complexity index is 543. The molecule has 1 saturated heterocycles. The Kier molecular flexibility index (Phi) is 4.76. The molecule has 26 heavy (non-hydrogen) atoms. The Morgan fingerprint density at radius 3 is 2.19 bits per heavy atom. The molecule has 5 fully saturated rings. The SMILES string of the molecule is C[C@@H]1OCC[C@@]1(O)CNC(=O)CNC(=O)CC12CC3CC(CC(C3)C1)C2. The van der Waals surface area contributed by atoms with Crippen LogP contribution in [0.15, 0.2) is 0 Å². The third-order valence-corrected chi connectivity index (χ3v) is 7.40. The van der Waals surface area contributed by atoms with Gasteiger partial charge >= 0.3 is 0 Å². The second-order valence-corrected chi connectivity index (χ2v) is 9.51. The molecule has 4 aliphatic carbocycles. The topological polar surface area (TPSA) is 87.7 Å². The molecule has 4 bridgehead atoms. The predicted octanol–water partition coefficient (Wildman–Crippen LogP) is 1.37. The van der Waals surface area contributed by atoms with Gasteiger partial charge in [-0.3, -0.25) is 9.59 Å². The molecular formula is C20H32N2O4. The minimum Gasteiger partial charge on any atom is -0.385 e. The molecule has 0 spiro atoms. The van der Waals surface area contributed by atoms with E-state index in [-0.39, 0.29) is 36.4 Å². The van der Waals surface area contributed by atoms with Crippen molar-refractivity contribution in [3.8, 4) is 0 Å². The van der Waals surface area contributed by atoms with Crippen LogP contribution < -0.4 is 10.6 Å². The van der Waals surface area contributed by atoms with Crippen molar-refractivity contribution in [3.63, 3.8) is 0 Å². The molecule has 146 valence electrons. The van der Waals surface area contributed by atoms with E-state index >= 15 is 0 Å². The van der Waals surface area contributed by atoms with Crippen molar-refractivity contribution >= 4 is 11.8 Å². The first-order valence-electron chi connectivity index (χ1n) is 10.2. The quantitative estimate of drug-likeness (QED) is 0.664. The van der Waals surface area contributed by atoms with E-state index in [1.54, 1.807) is 0 Å². The molecule has 2 atom stereocenters. The van der Waals surface area contributed by atoms with Gasteiger partial charge in [0.05, 0.1) is 12.6 Å². The first-order valence-corrected chi connectivity index (χ1v) is 10.2. The van der Waals surface area contributed by atoms with Gasteiger partial charge in [-0.1, -0.05) is 0 Å². The van der Waals surface area contributed by atoms with Gasteiger partial charge < -0.3 is 20.5 Å². The minimum absolute atomic E-state index is 0.00150. The third kappa shape index (κ3) is 3.63. The molecule has 0 unspecified atom stereocenters. The van der Waals surface area contributed by atoms with Crippen LogP contribution in [0.2, 0.25) is 0 Å². The van der Waals surface area contributed by atoms with E-state index in [1.165, 1.54) is 38.5 Å². The summed E-state index contributed by atoms with van der Waals surface area (Å²) in [6.45, 7) is 2.47. The molecule has 4 saturated carbocycles. The normalized spacial score (nSPS) is 43.5. The smallest absolute Gasteiger partial charge is 0.239 e. The molecule has 0 aromatic rings. The Morgan fingerprint density at radius 1 is 1.04 bits per heavy atom. The highest BCUT2D eigenvalue weighted by atomic mass is 16.5. The van der Waals surface area contributed by atoms with Crippen LogP contribution in [0.4, 0.5) is 0 Å². The Hall–Kier alpha value is -1.14. The second kappa shape index (κ2) is 6.79. The summed E-state index contributed by atoms with van der Waals surface area (Å²) in [5.74, 6) is 2.23. The van der Waals surface area contributed by atoms with Gasteiger partial charge in [0.15, 0.2) is 0 Å². The lowest BCUT2D eigenvalue weighted by Gasteiger charge is -2.56. The van der Waals surface area contributed by atoms with Gasteiger partial charge in [0.2, 0.25) is 11.8 Å². The van der Waals surface area contributed by atoms with Crippen molar-refractivity contribution in [1.29, 1.82) is 0 Å². The molecule has 1 aliphatic heterocycles. The van der Waals surface area contributed by atoms with E-state index in [0.29, 0.717) is 19.4 Å². The Balaban J connectivity index is 1.21. The molecule has 0 radical (unpaired) electrons. The lowest BCUT2D eigenvalue weighted by atomic mass is 9.49. The molecule has 5 rings (SSSR count). The molecular weight excluding hydrogens is 332 g/mol. The van der Waals surface area contributed by atoms with Crippen LogP contribution in [-0.4, -0.2) is 48.3 Å². The van der Waals surface area contributed by atoms with Gasteiger partial charge in [-0.05, 0) is 68.6 Å². The molecule has 0 aromatic carbocycles. The summed E-state index contributed by atoms with van der Waals surface area (Å²) < 4.78 is 5.36. The lowest BCUT2D eigenvalue weighted by Crippen LogP contribution is -2.50. The maximum absolute atomic E-state index is 12.4. The summed E-state index contributed by atoms with van der Waals surface area (Å²) in [5.41, 5.74) is -0.806. The standard InChI is InChI=1S/C20H32N2O4/c1-13-20(25,2-3-26-13)12-22-18(24)11-21-17(23)10-19-7-14-4-15(8-19)6-16(5-14)9-19/h13-16,25H,2-12H2,1H3,(H,21,23)(H,22,24)/t13-,14?,15?,16?,19?,20+/m0/s1. The van der Waals surface area contributed by atoms with Crippen molar-refractivity contribution < 1.29 is 19.4 Å². The van der Waals surface area contributed by atoms with E-state index in [4.69, 9.17) is 4.74 Å². The maximum atomic E-state index is 12.4. The van der Waals surface area contributed by atoms with Gasteiger partial charge in [0, 0.05) is 26.0 Å². The molecule has 6 nitrogen and oxygen atoms in total. The number of amides is 2. The van der Waals surface area contributed by atoms with Gasteiger partial charge in [0.1, 0.15) is 5.60 Å². The highest BCUT2D eigenvalue weighted by Crippen LogP contribution is 2.61. The molecule has 1 heterocycles. The van der Waals surface area contributed by atoms with E-state index in [1.807, 2.05) is 6.92 Å². The van der Waals surface area contributed by atoms with E-state index in [9.17, 15) is 14.7 Å². The molecule has 3 N–H and O–H groups in total. The van der Waals surface area contributed by atoms with Crippen LogP contribution in [0.5, 0.6) is 0 Å². The van der Waals surface area contributed by atoms with Crippen LogP contribution >= 0.6 is 0 Å². The number of carbonyl (C=O) groups is 2. The van der Waals surface area contributed by atoms with E-state index < -0.39 is 5.60 Å². The summed E-state index contributed by atoms with van der Waals surface area (Å²) in [4.78, 5) is 24.5. The van der Waals surface area contributed by atoms with E-state index in [2.05, 4.69) is 10.6 Å². The Morgan fingerprint density at radius 2 is 1.65 bits per heavy atom. The number of hydrogen-bond acceptors (Lipinski definition) is 4. The van der Waals surface area contributed by atoms with Crippen molar-refractivity contribution in [1.82, 2.24) is 10.6 Å². The number of ether oxygens (including phenoxy) is 1. The van der Waals surface area contributed by atoms with Crippen LogP contribution in [0.25, 0.3) is 0 Å². The van der Waals surface area contributed by atoms with Crippen molar-refractivity contribution in [2.45, 2.75) is 70.0 Å². The third-order valence-electron chi connectivity index (χ3n) is 7.40. The van der Waals surface area contributed by atoms with E-state index in [0.717, 1.165) is 17.8 Å². The highest BCUT2D eigenvalue weighted by Gasteiger charge is 2.51. The largest absolute Gasteiger partial charge is 0.385 e. The van der Waals surface area contributed by atoms with Gasteiger partial charge in [-0.2, -0.15) is 0 Å². The van der Waals surface area contributed by atoms with Crippen LogP contribution in [0.3, 0.4) is 0 Å². The van der Waals surface area contributed by atoms with Gasteiger partial charge in [-0.15, -0.1) is 0 Å². The first-order chi connectivity index (χ1) is 12.4. The van der Waals surface area contributed by atoms with Crippen molar-refractivity contribution in [3.05, 3.63) is 0 Å². The number of nitrogens with one attached hydrogen (secondary N) is 2. The summed E-state index contributed by atoms with van der Waals surface area (Å²) in [6.07, 6.45) is 8.51. The van der Waals surface area contributed by atoms with Crippen LogP contribution in [-0.2, 0) is 14.3 Å². The van der Waals surface area contributed by atoms with Crippen LogP contribution in [0.1, 0.15) is 58.3 Å². The predicted molar refractivity (Wildman–Crippen MR) is 96.2 cm³/mol. The second-order valence-electron chi connectivity index (χ2n) is 9.51. The van der Waals surface area contributed by atoms with Gasteiger partial charge in [0.25, 0.3) is 0 Å². The maximum Gasteiger partial charge on any atom is 0.239 e. The number of aliphatic hydroxyl groups is 1. The van der Waals surface area contributed by atoms with Crippen molar-refractivity contribution in [2.75, 3.05) is 19.7 Å². The molecule has 5 aliphatic rings. The fourth-order valence-electron chi connectivity index (χ4n) is 6.41. The van der Waals surface area contributed by atoms with Crippen LogP contribution in [0, 0.1) is 23.2 Å². The molecule has 6 heteroatoms.